The fourth-order valence-electron chi connectivity index (χ4n) is 4.41. The van der Waals surface area contributed by atoms with E-state index in [0.717, 1.165) is 30.8 Å². The first-order chi connectivity index (χ1) is 15.8. The van der Waals surface area contributed by atoms with Crippen LogP contribution in [-0.2, 0) is 17.8 Å². The van der Waals surface area contributed by atoms with Crippen molar-refractivity contribution < 1.29 is 13.5 Å². The Bertz CT molecular complexity index is 1410. The molecule has 172 valence electrons. The van der Waals surface area contributed by atoms with Crippen LogP contribution < -0.4 is 5.69 Å². The second kappa shape index (κ2) is 8.44. The van der Waals surface area contributed by atoms with Crippen molar-refractivity contribution in [1.29, 1.82) is 0 Å². The van der Waals surface area contributed by atoms with E-state index < -0.39 is 17.3 Å². The van der Waals surface area contributed by atoms with Crippen molar-refractivity contribution in [3.8, 4) is 0 Å². The van der Waals surface area contributed by atoms with E-state index in [9.17, 15) is 13.6 Å². The number of ether oxygens (including phenoxy) is 1. The molecule has 0 N–H and O–H groups in total. The third-order valence-corrected chi connectivity index (χ3v) is 6.05. The molecule has 1 fully saturated rings. The largest absolute Gasteiger partial charge is 0.373 e. The van der Waals surface area contributed by atoms with Gasteiger partial charge in [-0.2, -0.15) is 9.61 Å². The highest BCUT2D eigenvalue weighted by Crippen LogP contribution is 2.23. The minimum atomic E-state index is -1.05. The number of hydrogen-bond donors (Lipinski definition) is 0. The van der Waals surface area contributed by atoms with Crippen LogP contribution in [0.25, 0.3) is 16.7 Å². The summed E-state index contributed by atoms with van der Waals surface area (Å²) in [4.78, 5) is 24.2. The van der Waals surface area contributed by atoms with Gasteiger partial charge in [-0.25, -0.2) is 23.5 Å². The number of benzene rings is 1. The summed E-state index contributed by atoms with van der Waals surface area (Å²) in [6.07, 6.45) is 3.28. The number of fused-ring (bicyclic) bond motifs is 3. The molecule has 4 heterocycles. The van der Waals surface area contributed by atoms with Gasteiger partial charge in [0.25, 0.3) is 0 Å². The summed E-state index contributed by atoms with van der Waals surface area (Å²) in [5.74, 6) is -2.10. The quantitative estimate of drug-likeness (QED) is 0.423. The van der Waals surface area contributed by atoms with Gasteiger partial charge in [-0.15, -0.1) is 0 Å². The molecular formula is C22H21ClF2N6O2. The highest BCUT2D eigenvalue weighted by atomic mass is 35.5. The molecule has 4 aromatic rings. The predicted molar refractivity (Wildman–Crippen MR) is 118 cm³/mol. The molecule has 2 unspecified atom stereocenters. The second-order valence-corrected chi connectivity index (χ2v) is 8.80. The summed E-state index contributed by atoms with van der Waals surface area (Å²) >= 11 is 6.12. The Morgan fingerprint density at radius 2 is 1.79 bits per heavy atom. The molecule has 1 aliphatic heterocycles. The van der Waals surface area contributed by atoms with Crippen LogP contribution in [0.3, 0.4) is 0 Å². The molecule has 33 heavy (non-hydrogen) atoms. The molecular weight excluding hydrogens is 454 g/mol. The summed E-state index contributed by atoms with van der Waals surface area (Å²) < 4.78 is 35.6. The van der Waals surface area contributed by atoms with Gasteiger partial charge in [0.15, 0.2) is 17.3 Å². The van der Waals surface area contributed by atoms with Crippen molar-refractivity contribution in [2.45, 2.75) is 39.1 Å². The highest BCUT2D eigenvalue weighted by Gasteiger charge is 2.23. The van der Waals surface area contributed by atoms with Crippen LogP contribution in [-0.4, -0.2) is 54.3 Å². The van der Waals surface area contributed by atoms with E-state index in [0.29, 0.717) is 23.2 Å². The van der Waals surface area contributed by atoms with Gasteiger partial charge in [0.2, 0.25) is 0 Å². The van der Waals surface area contributed by atoms with Crippen molar-refractivity contribution in [2.75, 3.05) is 13.1 Å². The Kier molecular flexibility index (Phi) is 5.59. The van der Waals surface area contributed by atoms with Crippen LogP contribution in [0.4, 0.5) is 8.78 Å². The minimum Gasteiger partial charge on any atom is -0.373 e. The van der Waals surface area contributed by atoms with Gasteiger partial charge >= 0.3 is 5.69 Å². The van der Waals surface area contributed by atoms with E-state index in [1.807, 2.05) is 19.9 Å². The number of hydrogen-bond acceptors (Lipinski definition) is 6. The number of morpholine rings is 1. The molecule has 0 radical (unpaired) electrons. The van der Waals surface area contributed by atoms with E-state index >= 15 is 0 Å². The summed E-state index contributed by atoms with van der Waals surface area (Å²) in [5, 5.41) is 4.68. The highest BCUT2D eigenvalue weighted by molar-refractivity contribution is 6.31. The Labute approximate surface area is 192 Å². The molecule has 0 amide bonds. The van der Waals surface area contributed by atoms with E-state index in [4.69, 9.17) is 16.3 Å². The molecule has 8 nitrogen and oxygen atoms in total. The van der Waals surface area contributed by atoms with Crippen LogP contribution >= 0.6 is 11.6 Å². The predicted octanol–water partition coefficient (Wildman–Crippen LogP) is 3.03. The van der Waals surface area contributed by atoms with Crippen LogP contribution in [0.5, 0.6) is 0 Å². The van der Waals surface area contributed by atoms with Crippen molar-refractivity contribution in [2.24, 2.45) is 0 Å². The Hall–Kier alpha value is -2.95. The summed E-state index contributed by atoms with van der Waals surface area (Å²) in [6.45, 7) is 6.25. The van der Waals surface area contributed by atoms with Gasteiger partial charge < -0.3 is 4.74 Å². The molecule has 1 aliphatic rings. The first kappa shape index (κ1) is 21.9. The normalized spacial score (nSPS) is 19.5. The van der Waals surface area contributed by atoms with Crippen molar-refractivity contribution >= 4 is 28.3 Å². The molecule has 0 spiro atoms. The Balaban J connectivity index is 1.59. The lowest BCUT2D eigenvalue weighted by Crippen LogP contribution is -2.44. The van der Waals surface area contributed by atoms with Crippen LogP contribution in [0, 0.1) is 11.6 Å². The zero-order chi connectivity index (χ0) is 23.3. The van der Waals surface area contributed by atoms with Crippen molar-refractivity contribution in [3.63, 3.8) is 0 Å². The average molecular weight is 475 g/mol. The minimum absolute atomic E-state index is 0.0137. The number of nitrogens with zero attached hydrogens (tertiary/aromatic N) is 6. The van der Waals surface area contributed by atoms with Gasteiger partial charge in [0.05, 0.1) is 24.1 Å². The van der Waals surface area contributed by atoms with E-state index in [-0.39, 0.29) is 29.3 Å². The lowest BCUT2D eigenvalue weighted by molar-refractivity contribution is -0.0705. The molecule has 0 saturated carbocycles. The fraction of sp³-hybridized carbons (Fsp3) is 0.364. The number of rotatable bonds is 4. The summed E-state index contributed by atoms with van der Waals surface area (Å²) in [5.41, 5.74) is 1.42. The van der Waals surface area contributed by atoms with Gasteiger partial charge in [0.1, 0.15) is 12.0 Å². The van der Waals surface area contributed by atoms with Gasteiger partial charge in [-0.05, 0) is 43.2 Å². The fourth-order valence-corrected chi connectivity index (χ4v) is 4.62. The molecule has 2 atom stereocenters. The molecule has 5 rings (SSSR count). The second-order valence-electron chi connectivity index (χ2n) is 8.39. The molecule has 0 aliphatic carbocycles. The molecule has 1 saturated heterocycles. The third kappa shape index (κ3) is 4.09. The van der Waals surface area contributed by atoms with Crippen LogP contribution in [0.15, 0.2) is 35.5 Å². The molecule has 0 bridgehead atoms. The zero-order valence-corrected chi connectivity index (χ0v) is 18.8. The van der Waals surface area contributed by atoms with Crippen molar-refractivity contribution in [3.05, 3.63) is 69.0 Å². The van der Waals surface area contributed by atoms with E-state index in [1.54, 1.807) is 6.20 Å². The maximum absolute atomic E-state index is 13.8. The summed E-state index contributed by atoms with van der Waals surface area (Å²) in [6, 6.07) is 3.81. The van der Waals surface area contributed by atoms with Crippen LogP contribution in [0.1, 0.15) is 25.0 Å². The Morgan fingerprint density at radius 1 is 1.06 bits per heavy atom. The number of pyridine rings is 1. The van der Waals surface area contributed by atoms with Gasteiger partial charge in [-0.1, -0.05) is 11.6 Å². The van der Waals surface area contributed by atoms with Crippen molar-refractivity contribution in [1.82, 2.24) is 29.0 Å². The molecule has 1 aromatic carbocycles. The average Bonchev–Trinajstić information content (AvgIpc) is 3.24. The van der Waals surface area contributed by atoms with E-state index in [1.165, 1.54) is 15.4 Å². The third-order valence-electron chi connectivity index (χ3n) is 5.70. The monoisotopic (exact) mass is 474 g/mol. The zero-order valence-electron chi connectivity index (χ0n) is 18.0. The maximum atomic E-state index is 13.8. The molecule has 11 heteroatoms. The first-order valence-electron chi connectivity index (χ1n) is 10.5. The first-order valence-corrected chi connectivity index (χ1v) is 10.9. The lowest BCUT2D eigenvalue weighted by atomic mass is 10.1. The van der Waals surface area contributed by atoms with Gasteiger partial charge in [0, 0.05) is 30.9 Å². The maximum Gasteiger partial charge on any atom is 0.352 e. The smallest absolute Gasteiger partial charge is 0.352 e. The SMILES string of the molecule is CC1CN(Cc2cnc3c(c2)c2ncnn2c(=O)n3Cc2cc(F)c(F)cc2Cl)CC(C)O1. The standard InChI is InChI=1S/C22H21ClF2N6O2/c1-12-7-29(8-13(2)33-12)9-14-3-16-20(26-6-14)30(22(32)31-21(16)27-11-28-31)10-15-4-18(24)19(25)5-17(15)23/h3-6,11-13H,7-10H2,1-2H3. The lowest BCUT2D eigenvalue weighted by Gasteiger charge is -2.35. The number of aromatic nitrogens is 5. The van der Waals surface area contributed by atoms with Crippen LogP contribution in [0.2, 0.25) is 5.02 Å². The molecule has 3 aromatic heterocycles. The number of halogens is 3. The Morgan fingerprint density at radius 3 is 2.55 bits per heavy atom. The topological polar surface area (TPSA) is 77.6 Å². The van der Waals surface area contributed by atoms with E-state index in [2.05, 4.69) is 20.0 Å². The van der Waals surface area contributed by atoms with Gasteiger partial charge in [-0.3, -0.25) is 9.47 Å². The summed E-state index contributed by atoms with van der Waals surface area (Å²) in [7, 11) is 0.